The minimum absolute atomic E-state index is 0.123. The molecule has 0 N–H and O–H groups in total. The number of epoxide rings is 1. The molecule has 2 saturated carbocycles. The first-order valence-electron chi connectivity index (χ1n) is 10.6. The molecule has 2 nitrogen and oxygen atoms in total. The molecule has 1 unspecified atom stereocenters. The number of carbonyl (C=O) groups is 1. The predicted molar refractivity (Wildman–Crippen MR) is 109 cm³/mol. The van der Waals surface area contributed by atoms with Crippen molar-refractivity contribution >= 4 is 5.78 Å². The first kappa shape index (κ1) is 18.4. The van der Waals surface area contributed by atoms with Crippen LogP contribution in [0.5, 0.6) is 0 Å². The summed E-state index contributed by atoms with van der Waals surface area (Å²) < 4.78 is 5.77. The fourth-order valence-corrected chi connectivity index (χ4v) is 4.85. The molecule has 27 heavy (non-hydrogen) atoms. The molecular formula is C25H30O2. The monoisotopic (exact) mass is 362 g/mol. The zero-order valence-electron chi connectivity index (χ0n) is 16.1. The standard InChI is InChI=1S/C13H16O.C12H14O/c1-2-6-11(7-3-1)13(10-14-13)12-8-4-5-9-12;13-12(11-8-4-5-9-11)10-6-2-1-3-7-10/h1-3,6-7,12H,4-5,8-10H2;1-3,6-7,11H,4-5,8-9H2. The smallest absolute Gasteiger partial charge is 0.165 e. The van der Waals surface area contributed by atoms with Crippen LogP contribution in [0.1, 0.15) is 67.3 Å². The van der Waals surface area contributed by atoms with Crippen molar-refractivity contribution in [3.63, 3.8) is 0 Å². The molecule has 0 spiro atoms. The molecule has 1 heterocycles. The number of ketones is 1. The van der Waals surface area contributed by atoms with Crippen molar-refractivity contribution in [3.05, 3.63) is 71.8 Å². The van der Waals surface area contributed by atoms with E-state index in [-0.39, 0.29) is 5.60 Å². The highest BCUT2D eigenvalue weighted by Gasteiger charge is 2.53. The van der Waals surface area contributed by atoms with Gasteiger partial charge in [-0.05, 0) is 37.2 Å². The van der Waals surface area contributed by atoms with Crippen LogP contribution < -0.4 is 0 Å². The van der Waals surface area contributed by atoms with Crippen LogP contribution in [-0.2, 0) is 10.3 Å². The van der Waals surface area contributed by atoms with Crippen molar-refractivity contribution in [3.8, 4) is 0 Å². The third-order valence-electron chi connectivity index (χ3n) is 6.52. The number of hydrogen-bond acceptors (Lipinski definition) is 2. The Kier molecular flexibility index (Phi) is 5.73. The highest BCUT2D eigenvalue weighted by atomic mass is 16.6. The van der Waals surface area contributed by atoms with Crippen LogP contribution in [0.25, 0.3) is 0 Å². The Hall–Kier alpha value is -1.93. The van der Waals surface area contributed by atoms with E-state index in [4.69, 9.17) is 4.74 Å². The maximum absolute atomic E-state index is 11.8. The largest absolute Gasteiger partial charge is 0.364 e. The van der Waals surface area contributed by atoms with Crippen LogP contribution in [0, 0.1) is 11.8 Å². The molecule has 0 bridgehead atoms. The van der Waals surface area contributed by atoms with Crippen molar-refractivity contribution in [1.29, 1.82) is 0 Å². The fourth-order valence-electron chi connectivity index (χ4n) is 4.85. The molecule has 3 aliphatic rings. The van der Waals surface area contributed by atoms with Crippen molar-refractivity contribution < 1.29 is 9.53 Å². The topological polar surface area (TPSA) is 29.6 Å². The van der Waals surface area contributed by atoms with Crippen LogP contribution in [0.3, 0.4) is 0 Å². The molecule has 2 aliphatic carbocycles. The third kappa shape index (κ3) is 4.16. The van der Waals surface area contributed by atoms with Gasteiger partial charge in [-0.25, -0.2) is 0 Å². The summed E-state index contributed by atoms with van der Waals surface area (Å²) in [6.07, 6.45) is 10.1. The predicted octanol–water partition coefficient (Wildman–Crippen LogP) is 6.16. The van der Waals surface area contributed by atoms with E-state index in [1.807, 2.05) is 30.3 Å². The van der Waals surface area contributed by atoms with E-state index in [1.165, 1.54) is 44.1 Å². The lowest BCUT2D eigenvalue weighted by Gasteiger charge is -2.19. The lowest BCUT2D eigenvalue weighted by molar-refractivity contribution is 0.0923. The Morgan fingerprint density at radius 2 is 1.30 bits per heavy atom. The Balaban J connectivity index is 0.000000134. The summed E-state index contributed by atoms with van der Waals surface area (Å²) in [7, 11) is 0. The van der Waals surface area contributed by atoms with Crippen molar-refractivity contribution in [2.24, 2.45) is 11.8 Å². The van der Waals surface area contributed by atoms with E-state index in [0.29, 0.717) is 11.7 Å². The first-order valence-corrected chi connectivity index (χ1v) is 10.6. The van der Waals surface area contributed by atoms with Crippen LogP contribution >= 0.6 is 0 Å². The molecule has 2 heteroatoms. The van der Waals surface area contributed by atoms with Gasteiger partial charge in [0.1, 0.15) is 5.60 Å². The van der Waals surface area contributed by atoms with Gasteiger partial charge in [0.15, 0.2) is 5.78 Å². The molecule has 142 valence electrons. The van der Waals surface area contributed by atoms with Crippen molar-refractivity contribution in [2.45, 2.75) is 57.0 Å². The Labute approximate surface area is 162 Å². The van der Waals surface area contributed by atoms with Crippen LogP contribution in [-0.4, -0.2) is 12.4 Å². The van der Waals surface area contributed by atoms with Gasteiger partial charge in [-0.3, -0.25) is 4.79 Å². The summed E-state index contributed by atoms with van der Waals surface area (Å²) in [5, 5.41) is 0. The minimum atomic E-state index is 0.123. The lowest BCUT2D eigenvalue weighted by Crippen LogP contribution is -2.19. The number of hydrogen-bond donors (Lipinski definition) is 0. The van der Waals surface area contributed by atoms with Crippen molar-refractivity contribution in [2.75, 3.05) is 6.61 Å². The average molecular weight is 363 g/mol. The van der Waals surface area contributed by atoms with Crippen LogP contribution in [0.2, 0.25) is 0 Å². The van der Waals surface area contributed by atoms with Crippen molar-refractivity contribution in [1.82, 2.24) is 0 Å². The highest BCUT2D eigenvalue weighted by Crippen LogP contribution is 2.51. The Morgan fingerprint density at radius 3 is 1.85 bits per heavy atom. The van der Waals surface area contributed by atoms with Gasteiger partial charge < -0.3 is 4.74 Å². The van der Waals surface area contributed by atoms with Gasteiger partial charge in [-0.1, -0.05) is 86.3 Å². The molecule has 1 aliphatic heterocycles. The minimum Gasteiger partial charge on any atom is -0.364 e. The van der Waals surface area contributed by atoms with E-state index in [2.05, 4.69) is 30.3 Å². The van der Waals surface area contributed by atoms with Gasteiger partial charge in [-0.2, -0.15) is 0 Å². The summed E-state index contributed by atoms with van der Waals surface area (Å²) in [6.45, 7) is 0.946. The zero-order valence-corrected chi connectivity index (χ0v) is 16.1. The summed E-state index contributed by atoms with van der Waals surface area (Å²) >= 11 is 0. The van der Waals surface area contributed by atoms with E-state index in [0.717, 1.165) is 30.9 Å². The average Bonchev–Trinajstić information content (AvgIpc) is 3.15. The van der Waals surface area contributed by atoms with Gasteiger partial charge in [0.2, 0.25) is 0 Å². The van der Waals surface area contributed by atoms with Gasteiger partial charge in [-0.15, -0.1) is 0 Å². The molecule has 0 radical (unpaired) electrons. The third-order valence-corrected chi connectivity index (χ3v) is 6.52. The number of benzene rings is 2. The summed E-state index contributed by atoms with van der Waals surface area (Å²) in [5.41, 5.74) is 2.40. The molecule has 1 atom stereocenters. The summed E-state index contributed by atoms with van der Waals surface area (Å²) in [6, 6.07) is 20.4. The normalized spacial score (nSPS) is 25.0. The molecule has 1 saturated heterocycles. The van der Waals surface area contributed by atoms with Gasteiger partial charge in [0.05, 0.1) is 6.61 Å². The van der Waals surface area contributed by atoms with E-state index < -0.39 is 0 Å². The maximum Gasteiger partial charge on any atom is 0.165 e. The zero-order chi connectivity index (χ0) is 18.5. The molecule has 2 aromatic carbocycles. The molecule has 0 aromatic heterocycles. The second-order valence-corrected chi connectivity index (χ2v) is 8.24. The SMILES string of the molecule is O=C(c1ccccc1)C1CCCC1.c1ccc(C2(C3CCCC3)CO2)cc1. The summed E-state index contributed by atoms with van der Waals surface area (Å²) in [4.78, 5) is 11.8. The second-order valence-electron chi connectivity index (χ2n) is 8.24. The van der Waals surface area contributed by atoms with E-state index in [1.54, 1.807) is 0 Å². The van der Waals surface area contributed by atoms with Gasteiger partial charge in [0, 0.05) is 11.5 Å². The molecule has 3 fully saturated rings. The lowest BCUT2D eigenvalue weighted by atomic mass is 9.85. The number of Topliss-reactive ketones (excluding diaryl/α,β-unsaturated/α-hetero) is 1. The molecular weight excluding hydrogens is 332 g/mol. The number of rotatable bonds is 4. The number of carbonyl (C=O) groups excluding carboxylic acids is 1. The molecule has 0 amide bonds. The van der Waals surface area contributed by atoms with E-state index >= 15 is 0 Å². The van der Waals surface area contributed by atoms with Gasteiger partial charge >= 0.3 is 0 Å². The fraction of sp³-hybridized carbons (Fsp3) is 0.480. The first-order chi connectivity index (χ1) is 13.3. The maximum atomic E-state index is 11.8. The highest BCUT2D eigenvalue weighted by molar-refractivity contribution is 5.97. The second kappa shape index (κ2) is 8.39. The summed E-state index contributed by atoms with van der Waals surface area (Å²) in [5.74, 6) is 1.44. The van der Waals surface area contributed by atoms with Crippen LogP contribution in [0.15, 0.2) is 60.7 Å². The van der Waals surface area contributed by atoms with E-state index in [9.17, 15) is 4.79 Å². The van der Waals surface area contributed by atoms with Gasteiger partial charge in [0.25, 0.3) is 0 Å². The number of ether oxygens (including phenoxy) is 1. The quantitative estimate of drug-likeness (QED) is 0.481. The van der Waals surface area contributed by atoms with Crippen LogP contribution in [0.4, 0.5) is 0 Å². The molecule has 2 aromatic rings. The molecule has 5 rings (SSSR count). The Bertz CT molecular complexity index is 721. The Morgan fingerprint density at radius 1 is 0.778 bits per heavy atom.